The second kappa shape index (κ2) is 4.81. The van der Waals surface area contributed by atoms with Gasteiger partial charge in [-0.1, -0.05) is 35.5 Å². The predicted molar refractivity (Wildman–Crippen MR) is 69.8 cm³/mol. The molecule has 0 bridgehead atoms. The molecule has 0 spiro atoms. The zero-order valence-electron chi connectivity index (χ0n) is 8.86. The first-order valence-electron chi connectivity index (χ1n) is 4.87. The molecule has 1 aromatic heterocycles. The summed E-state index contributed by atoms with van der Waals surface area (Å²) in [5.41, 5.74) is 2.48. The van der Waals surface area contributed by atoms with Gasteiger partial charge in [-0.2, -0.15) is 0 Å². The molecule has 0 aliphatic heterocycles. The molecule has 15 heavy (non-hydrogen) atoms. The van der Waals surface area contributed by atoms with E-state index in [9.17, 15) is 0 Å². The third-order valence-electron chi connectivity index (χ3n) is 1.97. The van der Waals surface area contributed by atoms with Crippen molar-refractivity contribution in [2.75, 3.05) is 5.75 Å². The molecule has 0 N–H and O–H groups in total. The van der Waals surface area contributed by atoms with Gasteiger partial charge in [0.05, 0.1) is 10.2 Å². The number of rotatable bonds is 3. The van der Waals surface area contributed by atoms with Crippen LogP contribution < -0.4 is 0 Å². The largest absolute Gasteiger partial charge is 0.230 e. The molecule has 0 aliphatic rings. The molecule has 0 saturated heterocycles. The lowest BCUT2D eigenvalue weighted by molar-refractivity contribution is 1.30. The van der Waals surface area contributed by atoms with Gasteiger partial charge in [0.1, 0.15) is 0 Å². The highest BCUT2D eigenvalue weighted by molar-refractivity contribution is 8.01. The van der Waals surface area contributed by atoms with Crippen LogP contribution >= 0.6 is 23.1 Å². The van der Waals surface area contributed by atoms with Crippen LogP contribution in [0, 0.1) is 0 Å². The Morgan fingerprint density at radius 3 is 2.93 bits per heavy atom. The quantitative estimate of drug-likeness (QED) is 0.579. The number of para-hydroxylation sites is 1. The lowest BCUT2D eigenvalue weighted by Crippen LogP contribution is -1.73. The van der Waals surface area contributed by atoms with Crippen LogP contribution in [0.5, 0.6) is 0 Å². The van der Waals surface area contributed by atoms with E-state index in [0.29, 0.717) is 0 Å². The molecule has 0 radical (unpaired) electrons. The van der Waals surface area contributed by atoms with Gasteiger partial charge in [-0.25, -0.2) is 4.98 Å². The Bertz CT molecular complexity index is 448. The number of nitrogens with zero attached hydrogens (tertiary/aromatic N) is 1. The molecular formula is C12H13NS2. The Morgan fingerprint density at radius 1 is 1.40 bits per heavy atom. The maximum atomic E-state index is 4.56. The fourth-order valence-electron chi connectivity index (χ4n) is 1.19. The monoisotopic (exact) mass is 235 g/mol. The van der Waals surface area contributed by atoms with Crippen molar-refractivity contribution in [2.45, 2.75) is 18.2 Å². The van der Waals surface area contributed by atoms with Crippen molar-refractivity contribution in [2.24, 2.45) is 0 Å². The smallest absolute Gasteiger partial charge is 0.151 e. The van der Waals surface area contributed by atoms with E-state index in [1.54, 1.807) is 23.1 Å². The predicted octanol–water partition coefficient (Wildman–Crippen LogP) is 4.35. The van der Waals surface area contributed by atoms with E-state index in [1.807, 2.05) is 6.07 Å². The molecule has 0 aliphatic carbocycles. The Balaban J connectivity index is 2.12. The maximum absolute atomic E-state index is 4.56. The number of benzene rings is 1. The summed E-state index contributed by atoms with van der Waals surface area (Å²) >= 11 is 3.58. The molecule has 1 aromatic carbocycles. The van der Waals surface area contributed by atoms with Crippen molar-refractivity contribution in [3.05, 3.63) is 35.9 Å². The highest BCUT2D eigenvalue weighted by Crippen LogP contribution is 2.29. The fourth-order valence-corrected chi connectivity index (χ4v) is 3.32. The zero-order valence-corrected chi connectivity index (χ0v) is 10.5. The second-order valence-corrected chi connectivity index (χ2v) is 5.84. The number of hydrogen-bond donors (Lipinski definition) is 0. The summed E-state index contributed by atoms with van der Waals surface area (Å²) < 4.78 is 2.44. The summed E-state index contributed by atoms with van der Waals surface area (Å²) in [6.45, 7) is 4.25. The fraction of sp³-hybridized carbons (Fsp3) is 0.250. The number of aromatic nitrogens is 1. The van der Waals surface area contributed by atoms with Crippen molar-refractivity contribution >= 4 is 33.3 Å². The number of fused-ring (bicyclic) bond motifs is 1. The van der Waals surface area contributed by atoms with Crippen molar-refractivity contribution < 1.29 is 0 Å². The molecular weight excluding hydrogens is 222 g/mol. The standard InChI is InChI=1S/C12H13NS2/c1-9(2)7-8-14-12-13-10-5-3-4-6-11(10)15-12/h3-7H,8H2,1-2H3. The van der Waals surface area contributed by atoms with Crippen LogP contribution in [0.15, 0.2) is 40.3 Å². The third-order valence-corrected chi connectivity index (χ3v) is 4.08. The molecule has 2 aromatic rings. The SMILES string of the molecule is CC(C)=CCSc1nc2ccccc2s1. The molecule has 0 saturated carbocycles. The summed E-state index contributed by atoms with van der Waals surface area (Å²) in [5.74, 6) is 1.02. The van der Waals surface area contributed by atoms with Crippen LogP contribution in [0.1, 0.15) is 13.8 Å². The van der Waals surface area contributed by atoms with Gasteiger partial charge in [-0.3, -0.25) is 0 Å². The normalized spacial score (nSPS) is 10.5. The summed E-state index contributed by atoms with van der Waals surface area (Å²) in [4.78, 5) is 4.56. The van der Waals surface area contributed by atoms with Crippen LogP contribution in [-0.4, -0.2) is 10.7 Å². The summed E-state index contributed by atoms with van der Waals surface area (Å²) in [5, 5.41) is 0. The van der Waals surface area contributed by atoms with Crippen LogP contribution in [0.2, 0.25) is 0 Å². The van der Waals surface area contributed by atoms with Crippen molar-refractivity contribution in [3.63, 3.8) is 0 Å². The molecule has 1 nitrogen and oxygen atoms in total. The second-order valence-electron chi connectivity index (χ2n) is 3.54. The maximum Gasteiger partial charge on any atom is 0.151 e. The van der Waals surface area contributed by atoms with Gasteiger partial charge in [-0.05, 0) is 26.0 Å². The molecule has 0 fully saturated rings. The van der Waals surface area contributed by atoms with Gasteiger partial charge in [0.25, 0.3) is 0 Å². The van der Waals surface area contributed by atoms with Crippen LogP contribution in [0.4, 0.5) is 0 Å². The summed E-state index contributed by atoms with van der Waals surface area (Å²) in [6, 6.07) is 8.28. The molecule has 0 unspecified atom stereocenters. The van der Waals surface area contributed by atoms with E-state index >= 15 is 0 Å². The third kappa shape index (κ3) is 2.83. The zero-order chi connectivity index (χ0) is 10.7. The average molecular weight is 235 g/mol. The highest BCUT2D eigenvalue weighted by atomic mass is 32.2. The van der Waals surface area contributed by atoms with Gasteiger partial charge in [-0.15, -0.1) is 11.3 Å². The van der Waals surface area contributed by atoms with Crippen LogP contribution in [-0.2, 0) is 0 Å². The van der Waals surface area contributed by atoms with E-state index in [2.05, 4.69) is 43.1 Å². The summed E-state index contributed by atoms with van der Waals surface area (Å²) in [6.07, 6.45) is 2.23. The van der Waals surface area contributed by atoms with Gasteiger partial charge < -0.3 is 0 Å². The minimum Gasteiger partial charge on any atom is -0.230 e. The molecule has 2 rings (SSSR count). The first kappa shape index (κ1) is 10.7. The van der Waals surface area contributed by atoms with Crippen LogP contribution in [0.25, 0.3) is 10.2 Å². The van der Waals surface area contributed by atoms with Gasteiger partial charge in [0, 0.05) is 5.75 Å². The Kier molecular flexibility index (Phi) is 3.44. The number of allylic oxidation sites excluding steroid dienone is 1. The number of thioether (sulfide) groups is 1. The van der Waals surface area contributed by atoms with E-state index in [4.69, 9.17) is 0 Å². The van der Waals surface area contributed by atoms with E-state index in [-0.39, 0.29) is 0 Å². The minimum atomic E-state index is 1.02. The van der Waals surface area contributed by atoms with E-state index in [0.717, 1.165) is 15.6 Å². The van der Waals surface area contributed by atoms with E-state index < -0.39 is 0 Å². The first-order chi connectivity index (χ1) is 7.25. The minimum absolute atomic E-state index is 1.02. The molecule has 3 heteroatoms. The van der Waals surface area contributed by atoms with Crippen molar-refractivity contribution in [1.29, 1.82) is 0 Å². The van der Waals surface area contributed by atoms with Crippen LogP contribution in [0.3, 0.4) is 0 Å². The lowest BCUT2D eigenvalue weighted by Gasteiger charge is -1.90. The number of hydrogen-bond acceptors (Lipinski definition) is 3. The number of thiazole rings is 1. The molecule has 0 atom stereocenters. The van der Waals surface area contributed by atoms with Crippen molar-refractivity contribution in [1.82, 2.24) is 4.98 Å². The Hall–Kier alpha value is -0.800. The highest BCUT2D eigenvalue weighted by Gasteiger charge is 2.01. The molecule has 78 valence electrons. The van der Waals surface area contributed by atoms with E-state index in [1.165, 1.54) is 10.3 Å². The Morgan fingerprint density at radius 2 is 2.20 bits per heavy atom. The molecule has 1 heterocycles. The lowest BCUT2D eigenvalue weighted by atomic mass is 10.3. The molecule has 0 amide bonds. The average Bonchev–Trinajstić information content (AvgIpc) is 2.59. The van der Waals surface area contributed by atoms with Gasteiger partial charge in [0.2, 0.25) is 0 Å². The van der Waals surface area contributed by atoms with Gasteiger partial charge in [0.15, 0.2) is 4.34 Å². The first-order valence-corrected chi connectivity index (χ1v) is 6.67. The topological polar surface area (TPSA) is 12.9 Å². The van der Waals surface area contributed by atoms with Crippen molar-refractivity contribution in [3.8, 4) is 0 Å². The Labute approximate surface area is 98.2 Å². The summed E-state index contributed by atoms with van der Waals surface area (Å²) in [7, 11) is 0. The van der Waals surface area contributed by atoms with Gasteiger partial charge >= 0.3 is 0 Å².